The molecule has 1 fully saturated rings. The largest absolute Gasteiger partial charge is 0.359 e. The van der Waals surface area contributed by atoms with E-state index >= 15 is 0 Å². The zero-order valence-electron chi connectivity index (χ0n) is 14.8. The van der Waals surface area contributed by atoms with Gasteiger partial charge in [-0.2, -0.15) is 0 Å². The number of nitrogens with zero attached hydrogens (tertiary/aromatic N) is 3. The molecule has 1 aromatic heterocycles. The fraction of sp³-hybridized carbons (Fsp3) is 0.474. The second kappa shape index (κ2) is 7.47. The molecule has 2 aliphatic heterocycles. The van der Waals surface area contributed by atoms with Crippen molar-refractivity contribution in [3.63, 3.8) is 0 Å². The molecular formula is C19H26N6. The molecule has 2 aromatic rings. The first-order valence-electron chi connectivity index (χ1n) is 9.14. The summed E-state index contributed by atoms with van der Waals surface area (Å²) in [6, 6.07) is 10.3. The van der Waals surface area contributed by atoms with Gasteiger partial charge in [0.25, 0.3) is 0 Å². The SMILES string of the molecule is CN(CCC1CNNC1)c1nc(-c2ccccc2)nc2c1CCNC2. The molecule has 0 unspecified atom stereocenters. The van der Waals surface area contributed by atoms with Crippen molar-refractivity contribution < 1.29 is 0 Å². The topological polar surface area (TPSA) is 65.1 Å². The van der Waals surface area contributed by atoms with Crippen LogP contribution in [0, 0.1) is 5.92 Å². The van der Waals surface area contributed by atoms with Crippen molar-refractivity contribution >= 4 is 5.82 Å². The van der Waals surface area contributed by atoms with Crippen LogP contribution in [0.4, 0.5) is 5.82 Å². The normalized spacial score (nSPS) is 17.5. The Labute approximate surface area is 149 Å². The van der Waals surface area contributed by atoms with Gasteiger partial charge in [-0.3, -0.25) is 10.9 Å². The molecule has 1 saturated heterocycles. The fourth-order valence-corrected chi connectivity index (χ4v) is 3.56. The summed E-state index contributed by atoms with van der Waals surface area (Å²) in [4.78, 5) is 12.1. The zero-order chi connectivity index (χ0) is 17.1. The van der Waals surface area contributed by atoms with Crippen LogP contribution in [0.3, 0.4) is 0 Å². The maximum Gasteiger partial charge on any atom is 0.161 e. The van der Waals surface area contributed by atoms with Crippen molar-refractivity contribution in [1.82, 2.24) is 26.1 Å². The number of aromatic nitrogens is 2. The van der Waals surface area contributed by atoms with Gasteiger partial charge >= 0.3 is 0 Å². The monoisotopic (exact) mass is 338 g/mol. The highest BCUT2D eigenvalue weighted by Gasteiger charge is 2.21. The summed E-state index contributed by atoms with van der Waals surface area (Å²) in [5, 5.41) is 3.44. The van der Waals surface area contributed by atoms with Gasteiger partial charge in [0.2, 0.25) is 0 Å². The number of hydrazine groups is 1. The summed E-state index contributed by atoms with van der Waals surface area (Å²) in [6.07, 6.45) is 2.16. The van der Waals surface area contributed by atoms with Gasteiger partial charge in [-0.15, -0.1) is 0 Å². The minimum Gasteiger partial charge on any atom is -0.359 e. The first-order chi connectivity index (χ1) is 12.3. The number of fused-ring (bicyclic) bond motifs is 1. The molecule has 0 spiro atoms. The van der Waals surface area contributed by atoms with Gasteiger partial charge in [-0.05, 0) is 25.3 Å². The lowest BCUT2D eigenvalue weighted by molar-refractivity contribution is 0.553. The Kier molecular flexibility index (Phi) is 4.92. The molecule has 0 bridgehead atoms. The summed E-state index contributed by atoms with van der Waals surface area (Å²) >= 11 is 0. The van der Waals surface area contributed by atoms with Crippen LogP contribution >= 0.6 is 0 Å². The van der Waals surface area contributed by atoms with Gasteiger partial charge in [0, 0.05) is 44.4 Å². The summed E-state index contributed by atoms with van der Waals surface area (Å²) in [5.74, 6) is 2.62. The van der Waals surface area contributed by atoms with Crippen LogP contribution in [0.25, 0.3) is 11.4 Å². The lowest BCUT2D eigenvalue weighted by Crippen LogP contribution is -2.30. The number of benzene rings is 1. The van der Waals surface area contributed by atoms with Crippen molar-refractivity contribution in [2.45, 2.75) is 19.4 Å². The van der Waals surface area contributed by atoms with Crippen LogP contribution < -0.4 is 21.1 Å². The standard InChI is InChI=1S/C19H26N6/c1-25(10-8-14-11-21-22-12-14)19-16-7-9-20-13-17(16)23-18(24-19)15-5-3-2-4-6-15/h2-6,14,20-22H,7-13H2,1H3. The molecule has 3 heterocycles. The Bertz CT molecular complexity index is 711. The van der Waals surface area contributed by atoms with Gasteiger partial charge in [0.1, 0.15) is 5.82 Å². The molecule has 4 rings (SSSR count). The fourth-order valence-electron chi connectivity index (χ4n) is 3.56. The van der Waals surface area contributed by atoms with Crippen molar-refractivity contribution in [3.05, 3.63) is 41.6 Å². The highest BCUT2D eigenvalue weighted by molar-refractivity contribution is 5.60. The summed E-state index contributed by atoms with van der Waals surface area (Å²) in [6.45, 7) is 4.94. The molecule has 2 aliphatic rings. The third-order valence-electron chi connectivity index (χ3n) is 5.09. The van der Waals surface area contributed by atoms with E-state index in [0.717, 1.165) is 68.5 Å². The van der Waals surface area contributed by atoms with Gasteiger partial charge in [-0.25, -0.2) is 9.97 Å². The minimum absolute atomic E-state index is 0.690. The van der Waals surface area contributed by atoms with E-state index in [1.807, 2.05) is 18.2 Å². The lowest BCUT2D eigenvalue weighted by Gasteiger charge is -2.26. The van der Waals surface area contributed by atoms with Crippen LogP contribution in [0.1, 0.15) is 17.7 Å². The quantitative estimate of drug-likeness (QED) is 0.765. The van der Waals surface area contributed by atoms with E-state index in [0.29, 0.717) is 5.92 Å². The number of hydrogen-bond acceptors (Lipinski definition) is 6. The van der Waals surface area contributed by atoms with Gasteiger partial charge in [0.05, 0.1) is 5.69 Å². The number of nitrogens with one attached hydrogen (secondary N) is 3. The average molecular weight is 338 g/mol. The average Bonchev–Trinajstić information content (AvgIpc) is 3.19. The predicted molar refractivity (Wildman–Crippen MR) is 100 cm³/mol. The third-order valence-corrected chi connectivity index (χ3v) is 5.09. The Morgan fingerprint density at radius 1 is 1.12 bits per heavy atom. The molecule has 0 amide bonds. The molecule has 132 valence electrons. The van der Waals surface area contributed by atoms with E-state index < -0.39 is 0 Å². The molecule has 0 aliphatic carbocycles. The Morgan fingerprint density at radius 2 is 1.92 bits per heavy atom. The Balaban J connectivity index is 1.62. The van der Waals surface area contributed by atoms with E-state index in [1.165, 1.54) is 5.56 Å². The molecular weight excluding hydrogens is 312 g/mol. The highest BCUT2D eigenvalue weighted by Crippen LogP contribution is 2.27. The second-order valence-electron chi connectivity index (χ2n) is 6.93. The summed E-state index contributed by atoms with van der Waals surface area (Å²) in [7, 11) is 2.16. The maximum absolute atomic E-state index is 4.96. The molecule has 25 heavy (non-hydrogen) atoms. The summed E-state index contributed by atoms with van der Waals surface area (Å²) < 4.78 is 0. The van der Waals surface area contributed by atoms with E-state index in [1.54, 1.807) is 0 Å². The molecule has 1 aromatic carbocycles. The van der Waals surface area contributed by atoms with Crippen LogP contribution in [-0.2, 0) is 13.0 Å². The van der Waals surface area contributed by atoms with Gasteiger partial charge < -0.3 is 10.2 Å². The van der Waals surface area contributed by atoms with Crippen LogP contribution in [-0.4, -0.2) is 43.2 Å². The Hall–Kier alpha value is -2.02. The van der Waals surface area contributed by atoms with E-state index in [-0.39, 0.29) is 0 Å². The molecule has 3 N–H and O–H groups in total. The van der Waals surface area contributed by atoms with Crippen LogP contribution in [0.5, 0.6) is 0 Å². The second-order valence-corrected chi connectivity index (χ2v) is 6.93. The molecule has 6 heteroatoms. The van der Waals surface area contributed by atoms with Gasteiger partial charge in [-0.1, -0.05) is 30.3 Å². The van der Waals surface area contributed by atoms with Crippen molar-refractivity contribution in [1.29, 1.82) is 0 Å². The Morgan fingerprint density at radius 3 is 2.72 bits per heavy atom. The first kappa shape index (κ1) is 16.4. The molecule has 6 nitrogen and oxygen atoms in total. The van der Waals surface area contributed by atoms with E-state index in [4.69, 9.17) is 9.97 Å². The number of hydrogen-bond donors (Lipinski definition) is 3. The number of rotatable bonds is 5. The molecule has 0 radical (unpaired) electrons. The van der Waals surface area contributed by atoms with Gasteiger partial charge in [0.15, 0.2) is 5.82 Å². The zero-order valence-corrected chi connectivity index (χ0v) is 14.8. The van der Waals surface area contributed by atoms with Crippen LogP contribution in [0.2, 0.25) is 0 Å². The first-order valence-corrected chi connectivity index (χ1v) is 9.14. The highest BCUT2D eigenvalue weighted by atomic mass is 15.4. The maximum atomic E-state index is 4.96. The lowest BCUT2D eigenvalue weighted by atomic mass is 10.0. The van der Waals surface area contributed by atoms with E-state index in [9.17, 15) is 0 Å². The van der Waals surface area contributed by atoms with Crippen molar-refractivity contribution in [2.75, 3.05) is 38.1 Å². The third kappa shape index (κ3) is 3.66. The summed E-state index contributed by atoms with van der Waals surface area (Å²) in [5.41, 5.74) is 9.96. The van der Waals surface area contributed by atoms with E-state index in [2.05, 4.69) is 40.2 Å². The van der Waals surface area contributed by atoms with Crippen molar-refractivity contribution in [3.8, 4) is 11.4 Å². The molecule has 0 atom stereocenters. The molecule has 0 saturated carbocycles. The number of anilines is 1. The smallest absolute Gasteiger partial charge is 0.161 e. The van der Waals surface area contributed by atoms with Crippen molar-refractivity contribution in [2.24, 2.45) is 5.92 Å². The van der Waals surface area contributed by atoms with Crippen LogP contribution in [0.15, 0.2) is 30.3 Å². The minimum atomic E-state index is 0.690. The predicted octanol–water partition coefficient (Wildman–Crippen LogP) is 1.34.